The van der Waals surface area contributed by atoms with E-state index in [1.165, 1.54) is 16.3 Å². The van der Waals surface area contributed by atoms with Crippen molar-refractivity contribution in [3.8, 4) is 0 Å². The number of hydrogen-bond donors (Lipinski definition) is 1. The molecule has 0 atom stereocenters. The highest BCUT2D eigenvalue weighted by molar-refractivity contribution is 5.82. The highest BCUT2D eigenvalue weighted by atomic mass is 14.5. The van der Waals surface area contributed by atoms with Gasteiger partial charge in [-0.25, -0.2) is 0 Å². The average Bonchev–Trinajstić information content (AvgIpc) is 2.18. The van der Waals surface area contributed by atoms with Crippen molar-refractivity contribution in [1.82, 2.24) is 0 Å². The molecule has 1 heteroatoms. The van der Waals surface area contributed by atoms with Crippen LogP contribution in [-0.4, -0.2) is 0 Å². The SMILES string of the molecule is N[CH]Cc1ccc2ccccc2c1. The van der Waals surface area contributed by atoms with Crippen LogP contribution in [0.25, 0.3) is 10.8 Å². The Bertz CT molecular complexity index is 407. The van der Waals surface area contributed by atoms with Gasteiger partial charge in [0.1, 0.15) is 0 Å². The molecule has 13 heavy (non-hydrogen) atoms. The summed E-state index contributed by atoms with van der Waals surface area (Å²) >= 11 is 0. The lowest BCUT2D eigenvalue weighted by molar-refractivity contribution is 1.11. The zero-order valence-corrected chi connectivity index (χ0v) is 7.40. The molecule has 2 N–H and O–H groups in total. The standard InChI is InChI=1S/C12H12N/c13-8-7-10-5-6-11-3-1-2-4-12(11)9-10/h1-6,8-9H,7,13H2. The van der Waals surface area contributed by atoms with Gasteiger partial charge in [0.2, 0.25) is 0 Å². The molecule has 2 aromatic rings. The Hall–Kier alpha value is -1.34. The molecule has 0 aliphatic carbocycles. The molecule has 0 unspecified atom stereocenters. The highest BCUT2D eigenvalue weighted by Gasteiger charge is 1.94. The molecular formula is C12H12N. The van der Waals surface area contributed by atoms with E-state index in [2.05, 4.69) is 42.5 Å². The van der Waals surface area contributed by atoms with Gasteiger partial charge in [-0.3, -0.25) is 0 Å². The van der Waals surface area contributed by atoms with E-state index in [0.717, 1.165) is 6.42 Å². The Morgan fingerprint density at radius 3 is 2.54 bits per heavy atom. The molecule has 0 saturated carbocycles. The quantitative estimate of drug-likeness (QED) is 0.736. The Kier molecular flexibility index (Phi) is 2.28. The lowest BCUT2D eigenvalue weighted by Gasteiger charge is -2.01. The minimum absolute atomic E-state index is 0.838. The molecule has 0 spiro atoms. The third-order valence-corrected chi connectivity index (χ3v) is 2.17. The molecule has 0 fully saturated rings. The number of benzene rings is 2. The Labute approximate surface area is 78.2 Å². The van der Waals surface area contributed by atoms with E-state index in [9.17, 15) is 0 Å². The van der Waals surface area contributed by atoms with Crippen molar-refractivity contribution in [2.75, 3.05) is 0 Å². The summed E-state index contributed by atoms with van der Waals surface area (Å²) in [5.74, 6) is 0. The van der Waals surface area contributed by atoms with Crippen LogP contribution >= 0.6 is 0 Å². The predicted octanol–water partition coefficient (Wildman–Crippen LogP) is 2.50. The molecule has 2 aromatic carbocycles. The van der Waals surface area contributed by atoms with Crippen LogP contribution in [0.1, 0.15) is 5.56 Å². The molecule has 0 aliphatic rings. The molecule has 0 saturated heterocycles. The van der Waals surface area contributed by atoms with Gasteiger partial charge >= 0.3 is 0 Å². The second-order valence-electron chi connectivity index (χ2n) is 3.12. The summed E-state index contributed by atoms with van der Waals surface area (Å²) in [6, 6.07) is 14.8. The molecule has 0 bridgehead atoms. The first-order valence-corrected chi connectivity index (χ1v) is 4.41. The molecule has 0 aromatic heterocycles. The Morgan fingerprint density at radius 2 is 1.77 bits per heavy atom. The number of fused-ring (bicyclic) bond motifs is 1. The van der Waals surface area contributed by atoms with Crippen molar-refractivity contribution in [1.29, 1.82) is 0 Å². The summed E-state index contributed by atoms with van der Waals surface area (Å²) in [4.78, 5) is 0. The molecular weight excluding hydrogens is 158 g/mol. The van der Waals surface area contributed by atoms with Gasteiger partial charge in [-0.2, -0.15) is 0 Å². The van der Waals surface area contributed by atoms with Crippen LogP contribution in [0, 0.1) is 6.54 Å². The van der Waals surface area contributed by atoms with E-state index in [1.807, 2.05) is 0 Å². The van der Waals surface area contributed by atoms with Crippen molar-refractivity contribution in [3.05, 3.63) is 54.6 Å². The van der Waals surface area contributed by atoms with Gasteiger partial charge in [-0.15, -0.1) is 0 Å². The molecule has 1 nitrogen and oxygen atoms in total. The normalized spacial score (nSPS) is 10.5. The fraction of sp³-hybridized carbons (Fsp3) is 0.0833. The fourth-order valence-electron chi connectivity index (χ4n) is 1.50. The van der Waals surface area contributed by atoms with E-state index in [1.54, 1.807) is 6.54 Å². The number of nitrogens with two attached hydrogens (primary N) is 1. The largest absolute Gasteiger partial charge is 0.326 e. The van der Waals surface area contributed by atoms with Crippen molar-refractivity contribution in [2.45, 2.75) is 6.42 Å². The van der Waals surface area contributed by atoms with Gasteiger partial charge in [0.15, 0.2) is 0 Å². The van der Waals surface area contributed by atoms with Crippen LogP contribution in [0.15, 0.2) is 42.5 Å². The van der Waals surface area contributed by atoms with Crippen molar-refractivity contribution < 1.29 is 0 Å². The third kappa shape index (κ3) is 1.70. The van der Waals surface area contributed by atoms with E-state index >= 15 is 0 Å². The minimum Gasteiger partial charge on any atom is -0.326 e. The molecule has 0 aliphatic heterocycles. The first kappa shape index (κ1) is 8.27. The third-order valence-electron chi connectivity index (χ3n) is 2.17. The second kappa shape index (κ2) is 3.58. The van der Waals surface area contributed by atoms with Crippen LogP contribution < -0.4 is 5.73 Å². The van der Waals surface area contributed by atoms with Gasteiger partial charge in [0, 0.05) is 6.54 Å². The monoisotopic (exact) mass is 170 g/mol. The van der Waals surface area contributed by atoms with E-state index in [0.29, 0.717) is 0 Å². The fourth-order valence-corrected chi connectivity index (χ4v) is 1.50. The summed E-state index contributed by atoms with van der Waals surface area (Å²) in [5, 5.41) is 2.56. The smallest absolute Gasteiger partial charge is 0.0236 e. The van der Waals surface area contributed by atoms with Gasteiger partial charge in [-0.05, 0) is 22.8 Å². The van der Waals surface area contributed by atoms with Crippen molar-refractivity contribution in [2.24, 2.45) is 5.73 Å². The Morgan fingerprint density at radius 1 is 1.00 bits per heavy atom. The second-order valence-corrected chi connectivity index (χ2v) is 3.12. The lowest BCUT2D eigenvalue weighted by atomic mass is 10.1. The number of rotatable bonds is 2. The molecule has 1 radical (unpaired) electrons. The lowest BCUT2D eigenvalue weighted by Crippen LogP contribution is -1.94. The van der Waals surface area contributed by atoms with Crippen LogP contribution in [0.2, 0.25) is 0 Å². The maximum absolute atomic E-state index is 5.38. The molecule has 0 heterocycles. The maximum Gasteiger partial charge on any atom is 0.0236 e. The van der Waals surface area contributed by atoms with Crippen LogP contribution in [0.5, 0.6) is 0 Å². The van der Waals surface area contributed by atoms with E-state index in [-0.39, 0.29) is 0 Å². The van der Waals surface area contributed by atoms with Crippen LogP contribution in [-0.2, 0) is 6.42 Å². The summed E-state index contributed by atoms with van der Waals surface area (Å²) in [7, 11) is 0. The highest BCUT2D eigenvalue weighted by Crippen LogP contribution is 2.15. The Balaban J connectivity index is 2.49. The van der Waals surface area contributed by atoms with Gasteiger partial charge < -0.3 is 5.73 Å². The predicted molar refractivity (Wildman–Crippen MR) is 56.1 cm³/mol. The van der Waals surface area contributed by atoms with Crippen molar-refractivity contribution in [3.63, 3.8) is 0 Å². The topological polar surface area (TPSA) is 26.0 Å². The number of hydrogen-bond acceptors (Lipinski definition) is 1. The van der Waals surface area contributed by atoms with E-state index < -0.39 is 0 Å². The average molecular weight is 170 g/mol. The van der Waals surface area contributed by atoms with Gasteiger partial charge in [-0.1, -0.05) is 42.5 Å². The molecule has 2 rings (SSSR count). The zero-order chi connectivity index (χ0) is 9.10. The summed E-state index contributed by atoms with van der Waals surface area (Å²) in [5.41, 5.74) is 6.64. The summed E-state index contributed by atoms with van der Waals surface area (Å²) in [6.45, 7) is 1.68. The van der Waals surface area contributed by atoms with Gasteiger partial charge in [0.05, 0.1) is 0 Å². The summed E-state index contributed by atoms with van der Waals surface area (Å²) in [6.07, 6.45) is 0.838. The van der Waals surface area contributed by atoms with Crippen molar-refractivity contribution >= 4 is 10.8 Å². The maximum atomic E-state index is 5.38. The zero-order valence-electron chi connectivity index (χ0n) is 7.40. The molecule has 65 valence electrons. The first-order chi connectivity index (χ1) is 6.40. The van der Waals surface area contributed by atoms with E-state index in [4.69, 9.17) is 5.73 Å². The van der Waals surface area contributed by atoms with Crippen LogP contribution in [0.3, 0.4) is 0 Å². The van der Waals surface area contributed by atoms with Gasteiger partial charge in [0.25, 0.3) is 0 Å². The molecule has 0 amide bonds. The van der Waals surface area contributed by atoms with Crippen LogP contribution in [0.4, 0.5) is 0 Å². The first-order valence-electron chi connectivity index (χ1n) is 4.41. The minimum atomic E-state index is 0.838. The summed E-state index contributed by atoms with van der Waals surface area (Å²) < 4.78 is 0.